The lowest BCUT2D eigenvalue weighted by molar-refractivity contribution is 0.276. The van der Waals surface area contributed by atoms with Gasteiger partial charge in [0.05, 0.1) is 5.69 Å². The molecule has 0 atom stereocenters. The Morgan fingerprint density at radius 1 is 1.33 bits per heavy atom. The molecule has 0 spiro atoms. The fourth-order valence-electron chi connectivity index (χ4n) is 1.22. The van der Waals surface area contributed by atoms with Crippen molar-refractivity contribution in [2.45, 2.75) is 6.42 Å². The molecule has 0 aliphatic rings. The van der Waals surface area contributed by atoms with Crippen LogP contribution in [0.4, 0.5) is 5.69 Å². The minimum Gasteiger partial charge on any atom is -0.396 e. The number of anilines is 1. The van der Waals surface area contributed by atoms with Crippen molar-refractivity contribution in [1.29, 1.82) is 0 Å². The van der Waals surface area contributed by atoms with E-state index in [1.165, 1.54) is 7.05 Å². The van der Waals surface area contributed by atoms with E-state index in [1.807, 2.05) is 0 Å². The highest BCUT2D eigenvalue weighted by molar-refractivity contribution is 9.11. The van der Waals surface area contributed by atoms with Crippen LogP contribution in [-0.4, -0.2) is 38.0 Å². The van der Waals surface area contributed by atoms with Crippen LogP contribution in [0, 0.1) is 0 Å². The Labute approximate surface area is 124 Å². The van der Waals surface area contributed by atoms with Crippen molar-refractivity contribution in [2.75, 3.05) is 24.9 Å². The first kappa shape index (κ1) is 15.9. The Hall–Kier alpha value is -0.150. The van der Waals surface area contributed by atoms with Crippen LogP contribution >= 0.6 is 31.9 Å². The quantitative estimate of drug-likeness (QED) is 0.767. The third-order valence-corrected chi connectivity index (χ3v) is 5.02. The van der Waals surface area contributed by atoms with E-state index >= 15 is 0 Å². The third kappa shape index (κ3) is 4.20. The molecule has 102 valence electrons. The zero-order chi connectivity index (χ0) is 13.8. The van der Waals surface area contributed by atoms with E-state index in [2.05, 4.69) is 36.6 Å². The van der Waals surface area contributed by atoms with E-state index in [9.17, 15) is 8.42 Å². The van der Waals surface area contributed by atoms with Gasteiger partial charge in [-0.2, -0.15) is 12.7 Å². The topological polar surface area (TPSA) is 69.6 Å². The summed E-state index contributed by atoms with van der Waals surface area (Å²) >= 11 is 6.57. The summed E-state index contributed by atoms with van der Waals surface area (Å²) in [4.78, 5) is 0. The van der Waals surface area contributed by atoms with Crippen LogP contribution in [0.5, 0.6) is 0 Å². The normalized spacial score (nSPS) is 11.8. The van der Waals surface area contributed by atoms with Crippen LogP contribution in [-0.2, 0) is 10.2 Å². The van der Waals surface area contributed by atoms with Gasteiger partial charge in [-0.15, -0.1) is 0 Å². The van der Waals surface area contributed by atoms with Crippen molar-refractivity contribution in [2.24, 2.45) is 0 Å². The molecule has 0 radical (unpaired) electrons. The lowest BCUT2D eigenvalue weighted by Crippen LogP contribution is -2.33. The molecule has 0 aromatic heterocycles. The first-order valence-electron chi connectivity index (χ1n) is 5.17. The Morgan fingerprint density at radius 3 is 2.39 bits per heavy atom. The number of aliphatic hydroxyl groups is 1. The lowest BCUT2D eigenvalue weighted by Gasteiger charge is -2.19. The molecule has 0 bridgehead atoms. The molecule has 2 N–H and O–H groups in total. The smallest absolute Gasteiger partial charge is 0.301 e. The van der Waals surface area contributed by atoms with Crippen molar-refractivity contribution in [3.63, 3.8) is 0 Å². The van der Waals surface area contributed by atoms with Gasteiger partial charge in [0, 0.05) is 29.1 Å². The largest absolute Gasteiger partial charge is 0.396 e. The number of rotatable bonds is 6. The summed E-state index contributed by atoms with van der Waals surface area (Å²) in [6.07, 6.45) is 0.397. The van der Waals surface area contributed by atoms with Crippen LogP contribution in [0.15, 0.2) is 27.1 Å². The highest BCUT2D eigenvalue weighted by Crippen LogP contribution is 2.31. The second-order valence-electron chi connectivity index (χ2n) is 3.60. The van der Waals surface area contributed by atoms with Crippen LogP contribution < -0.4 is 4.72 Å². The zero-order valence-corrected chi connectivity index (χ0v) is 13.7. The summed E-state index contributed by atoms with van der Waals surface area (Å²) in [7, 11) is -2.16. The average Bonchev–Trinajstić information content (AvgIpc) is 2.31. The maximum Gasteiger partial charge on any atom is 0.301 e. The number of halogens is 2. The Balaban J connectivity index is 2.89. The van der Waals surface area contributed by atoms with Gasteiger partial charge in [-0.05, 0) is 50.4 Å². The van der Waals surface area contributed by atoms with E-state index in [0.29, 0.717) is 21.1 Å². The van der Waals surface area contributed by atoms with E-state index in [4.69, 9.17) is 5.11 Å². The molecular formula is C10H14Br2N2O3S. The number of aliphatic hydroxyl groups excluding tert-OH is 1. The van der Waals surface area contributed by atoms with Gasteiger partial charge in [-0.25, -0.2) is 0 Å². The average molecular weight is 402 g/mol. The van der Waals surface area contributed by atoms with Gasteiger partial charge in [-0.1, -0.05) is 6.07 Å². The number of benzene rings is 1. The van der Waals surface area contributed by atoms with E-state index in [0.717, 1.165) is 4.31 Å². The molecule has 0 saturated carbocycles. The Bertz CT molecular complexity index is 488. The molecule has 0 aliphatic heterocycles. The summed E-state index contributed by atoms with van der Waals surface area (Å²) in [5.74, 6) is 0. The number of hydrogen-bond acceptors (Lipinski definition) is 3. The van der Waals surface area contributed by atoms with Gasteiger partial charge >= 0.3 is 10.2 Å². The molecular weight excluding hydrogens is 388 g/mol. The molecule has 18 heavy (non-hydrogen) atoms. The molecule has 1 aromatic carbocycles. The summed E-state index contributed by atoms with van der Waals surface area (Å²) < 4.78 is 28.9. The number of para-hydroxylation sites is 1. The molecule has 0 unspecified atom stereocenters. The summed E-state index contributed by atoms with van der Waals surface area (Å²) in [5, 5.41) is 8.70. The van der Waals surface area contributed by atoms with Crippen LogP contribution in [0.1, 0.15) is 6.42 Å². The van der Waals surface area contributed by atoms with Crippen molar-refractivity contribution < 1.29 is 13.5 Å². The van der Waals surface area contributed by atoms with E-state index in [-0.39, 0.29) is 13.2 Å². The summed E-state index contributed by atoms with van der Waals surface area (Å²) in [6, 6.07) is 5.29. The second kappa shape index (κ2) is 6.85. The monoisotopic (exact) mass is 400 g/mol. The fourth-order valence-corrected chi connectivity index (χ4v) is 3.68. The van der Waals surface area contributed by atoms with Gasteiger partial charge in [0.2, 0.25) is 0 Å². The first-order valence-corrected chi connectivity index (χ1v) is 8.20. The summed E-state index contributed by atoms with van der Waals surface area (Å²) in [5.41, 5.74) is 0.452. The number of hydrogen-bond donors (Lipinski definition) is 2. The molecule has 0 fully saturated rings. The van der Waals surface area contributed by atoms with Gasteiger partial charge < -0.3 is 5.11 Å². The predicted molar refractivity (Wildman–Crippen MR) is 78.7 cm³/mol. The Kier molecular flexibility index (Phi) is 6.06. The second-order valence-corrected chi connectivity index (χ2v) is 7.09. The van der Waals surface area contributed by atoms with Gasteiger partial charge in [0.15, 0.2) is 0 Å². The van der Waals surface area contributed by atoms with Crippen LogP contribution in [0.25, 0.3) is 0 Å². The van der Waals surface area contributed by atoms with Crippen molar-refractivity contribution in [3.05, 3.63) is 27.1 Å². The highest BCUT2D eigenvalue weighted by Gasteiger charge is 2.19. The standard InChI is InChI=1S/C10H14Br2N2O3S/c1-14(6-3-7-15)18(16,17)13-10-8(11)4-2-5-9(10)12/h2,4-5,13,15H,3,6-7H2,1H3. The number of nitrogens with one attached hydrogen (secondary N) is 1. The van der Waals surface area contributed by atoms with Crippen LogP contribution in [0.3, 0.4) is 0 Å². The van der Waals surface area contributed by atoms with Gasteiger partial charge in [0.1, 0.15) is 0 Å². The maximum atomic E-state index is 12.0. The molecule has 0 amide bonds. The van der Waals surface area contributed by atoms with Gasteiger partial charge in [-0.3, -0.25) is 4.72 Å². The van der Waals surface area contributed by atoms with Gasteiger partial charge in [0.25, 0.3) is 0 Å². The maximum absolute atomic E-state index is 12.0. The summed E-state index contributed by atoms with van der Waals surface area (Å²) in [6.45, 7) is 0.215. The minimum absolute atomic E-state index is 0.0431. The van der Waals surface area contributed by atoms with Crippen molar-refractivity contribution in [3.8, 4) is 0 Å². The highest BCUT2D eigenvalue weighted by atomic mass is 79.9. The lowest BCUT2D eigenvalue weighted by atomic mass is 10.3. The minimum atomic E-state index is -3.62. The molecule has 8 heteroatoms. The number of nitrogens with zero attached hydrogens (tertiary/aromatic N) is 1. The third-order valence-electron chi connectivity index (χ3n) is 2.24. The van der Waals surface area contributed by atoms with Crippen LogP contribution in [0.2, 0.25) is 0 Å². The molecule has 1 rings (SSSR count). The van der Waals surface area contributed by atoms with Crippen molar-refractivity contribution in [1.82, 2.24) is 4.31 Å². The molecule has 0 heterocycles. The first-order chi connectivity index (χ1) is 8.38. The predicted octanol–water partition coefficient (Wildman–Crippen LogP) is 2.18. The zero-order valence-electron chi connectivity index (χ0n) is 9.73. The van der Waals surface area contributed by atoms with Crippen molar-refractivity contribution >= 4 is 47.8 Å². The SMILES string of the molecule is CN(CCCO)S(=O)(=O)Nc1c(Br)cccc1Br. The molecule has 5 nitrogen and oxygen atoms in total. The Morgan fingerprint density at radius 2 is 1.89 bits per heavy atom. The molecule has 0 saturated heterocycles. The fraction of sp³-hybridized carbons (Fsp3) is 0.400. The molecule has 1 aromatic rings. The van der Waals surface area contributed by atoms with E-state index < -0.39 is 10.2 Å². The van der Waals surface area contributed by atoms with E-state index in [1.54, 1.807) is 18.2 Å². The molecule has 0 aliphatic carbocycles.